The smallest absolute Gasteiger partial charge is 0.333 e. The highest BCUT2D eigenvalue weighted by Gasteiger charge is 2.29. The molecule has 194 valence electrons. The summed E-state index contributed by atoms with van der Waals surface area (Å²) in [6.07, 6.45) is 1.53. The average molecular weight is 541 g/mol. The quantitative estimate of drug-likeness (QED) is 0.369. The number of ether oxygens (including phenoxy) is 1. The van der Waals surface area contributed by atoms with E-state index in [1.165, 1.54) is 27.8 Å². The van der Waals surface area contributed by atoms with E-state index in [0.717, 1.165) is 21.4 Å². The maximum absolute atomic E-state index is 13.7. The number of hydrogen-bond acceptors (Lipinski definition) is 7. The zero-order valence-corrected chi connectivity index (χ0v) is 22.3. The molecule has 0 aliphatic carbocycles. The minimum absolute atomic E-state index is 0.0259. The molecule has 11 heteroatoms. The van der Waals surface area contributed by atoms with Crippen molar-refractivity contribution >= 4 is 38.0 Å². The summed E-state index contributed by atoms with van der Waals surface area (Å²) in [5, 5.41) is 2.18. The fourth-order valence-corrected chi connectivity index (χ4v) is 7.31. The van der Waals surface area contributed by atoms with Crippen molar-refractivity contribution in [2.45, 2.75) is 24.3 Å². The third-order valence-electron chi connectivity index (χ3n) is 6.55. The van der Waals surface area contributed by atoms with Crippen LogP contribution in [-0.4, -0.2) is 56.7 Å². The highest BCUT2D eigenvalue weighted by Crippen LogP contribution is 2.32. The second kappa shape index (κ2) is 10.3. The number of sulfonamides is 1. The van der Waals surface area contributed by atoms with Gasteiger partial charge in [-0.15, -0.1) is 11.3 Å². The zero-order valence-electron chi connectivity index (χ0n) is 20.6. The minimum Gasteiger partial charge on any atom is -0.383 e. The lowest BCUT2D eigenvalue weighted by Crippen LogP contribution is -2.36. The maximum atomic E-state index is 13.7. The molecule has 0 bridgehead atoms. The van der Waals surface area contributed by atoms with Gasteiger partial charge >= 0.3 is 5.69 Å². The van der Waals surface area contributed by atoms with Crippen LogP contribution in [-0.2, 0) is 27.7 Å². The molecule has 2 aromatic heterocycles. The normalized spacial score (nSPS) is 13.9. The summed E-state index contributed by atoms with van der Waals surface area (Å²) in [4.78, 5) is 32.2. The van der Waals surface area contributed by atoms with Crippen molar-refractivity contribution in [3.63, 3.8) is 0 Å². The van der Waals surface area contributed by atoms with Gasteiger partial charge in [0.05, 0.1) is 33.8 Å². The van der Waals surface area contributed by atoms with Gasteiger partial charge in [-0.1, -0.05) is 24.3 Å². The molecule has 0 unspecified atom stereocenters. The van der Waals surface area contributed by atoms with Gasteiger partial charge < -0.3 is 9.72 Å². The second-order valence-corrected chi connectivity index (χ2v) is 11.9. The van der Waals surface area contributed by atoms with Crippen LogP contribution in [0.5, 0.6) is 0 Å². The first-order valence-corrected chi connectivity index (χ1v) is 14.3. The Morgan fingerprint density at radius 1 is 1.14 bits per heavy atom. The molecular formula is C26H28N4O5S2. The Morgan fingerprint density at radius 2 is 1.95 bits per heavy atom. The monoisotopic (exact) mass is 540 g/mol. The third-order valence-corrected chi connectivity index (χ3v) is 9.33. The number of H-pyrrole nitrogens is 1. The second-order valence-electron chi connectivity index (χ2n) is 9.06. The van der Waals surface area contributed by atoms with E-state index in [2.05, 4.69) is 4.98 Å². The van der Waals surface area contributed by atoms with Crippen LogP contribution >= 0.6 is 11.3 Å². The fraction of sp³-hybridized carbons (Fsp3) is 0.308. The third kappa shape index (κ3) is 4.75. The summed E-state index contributed by atoms with van der Waals surface area (Å²) < 4.78 is 34.9. The predicted octanol–water partition coefficient (Wildman–Crippen LogP) is 2.96. The van der Waals surface area contributed by atoms with Gasteiger partial charge in [-0.2, -0.15) is 0 Å². The molecule has 2 aromatic carbocycles. The van der Waals surface area contributed by atoms with Crippen molar-refractivity contribution in [3.8, 4) is 5.69 Å². The van der Waals surface area contributed by atoms with Gasteiger partial charge in [0, 0.05) is 37.0 Å². The SMILES string of the molecule is COCCN(C)Cc1scc2[nH]c(=O)n(-c3cccc(S(=O)(=O)N4CCCc5ccccc54)c3)c(=O)c12. The number of nitrogens with one attached hydrogen (secondary N) is 1. The van der Waals surface area contributed by atoms with Crippen LogP contribution in [0.2, 0.25) is 0 Å². The highest BCUT2D eigenvalue weighted by atomic mass is 32.2. The Kier molecular flexibility index (Phi) is 7.04. The van der Waals surface area contributed by atoms with Gasteiger partial charge in [0.1, 0.15) is 0 Å². The van der Waals surface area contributed by atoms with E-state index in [1.54, 1.807) is 30.7 Å². The van der Waals surface area contributed by atoms with Gasteiger partial charge in [-0.05, 0) is 49.7 Å². The molecule has 1 aliphatic heterocycles. The van der Waals surface area contributed by atoms with Gasteiger partial charge in [0.2, 0.25) is 0 Å². The molecule has 3 heterocycles. The van der Waals surface area contributed by atoms with Crippen LogP contribution in [0.1, 0.15) is 16.9 Å². The zero-order chi connectivity index (χ0) is 26.2. The summed E-state index contributed by atoms with van der Waals surface area (Å²) in [7, 11) is -0.340. The molecular weight excluding hydrogens is 512 g/mol. The van der Waals surface area contributed by atoms with Gasteiger partial charge in [-0.25, -0.2) is 17.8 Å². The number of rotatable bonds is 8. The van der Waals surface area contributed by atoms with Crippen LogP contribution in [0.3, 0.4) is 0 Å². The number of aryl methyl sites for hydroxylation is 1. The van der Waals surface area contributed by atoms with Crippen LogP contribution in [0.25, 0.3) is 16.6 Å². The van der Waals surface area contributed by atoms with Crippen molar-refractivity contribution < 1.29 is 13.2 Å². The van der Waals surface area contributed by atoms with Gasteiger partial charge in [0.25, 0.3) is 15.6 Å². The number of aromatic amines is 1. The Morgan fingerprint density at radius 3 is 2.76 bits per heavy atom. The fourth-order valence-electron chi connectivity index (χ4n) is 4.68. The predicted molar refractivity (Wildman–Crippen MR) is 146 cm³/mol. The van der Waals surface area contributed by atoms with Crippen molar-refractivity contribution in [2.24, 2.45) is 0 Å². The Balaban J connectivity index is 1.57. The summed E-state index contributed by atoms with van der Waals surface area (Å²) >= 11 is 1.40. The summed E-state index contributed by atoms with van der Waals surface area (Å²) in [6, 6.07) is 13.5. The average Bonchev–Trinajstić information content (AvgIpc) is 3.29. The topological polar surface area (TPSA) is 105 Å². The first kappa shape index (κ1) is 25.4. The summed E-state index contributed by atoms with van der Waals surface area (Å²) in [6.45, 7) is 2.13. The number of para-hydroxylation sites is 1. The number of benzene rings is 2. The van der Waals surface area contributed by atoms with Crippen LogP contribution in [0.4, 0.5) is 5.69 Å². The maximum Gasteiger partial charge on any atom is 0.333 e. The van der Waals surface area contributed by atoms with Crippen LogP contribution in [0, 0.1) is 0 Å². The van der Waals surface area contributed by atoms with E-state index in [4.69, 9.17) is 4.74 Å². The number of fused-ring (bicyclic) bond motifs is 2. The molecule has 1 N–H and O–H groups in total. The lowest BCUT2D eigenvalue weighted by atomic mass is 10.0. The van der Waals surface area contributed by atoms with Crippen LogP contribution in [0.15, 0.2) is 68.4 Å². The van der Waals surface area contributed by atoms with Crippen molar-refractivity contribution in [1.29, 1.82) is 0 Å². The summed E-state index contributed by atoms with van der Waals surface area (Å²) in [5.74, 6) is 0. The minimum atomic E-state index is -3.91. The number of methoxy groups -OCH3 is 1. The standard InChI is InChI=1S/C26H28N4O5S2/c1-28(13-14-35-2)16-23-24-21(17-36-23)27-26(32)30(25(24)31)19-9-5-10-20(15-19)37(33,34)29-12-6-8-18-7-3-4-11-22(18)29/h3-5,7,9-11,15,17H,6,8,12-14,16H2,1-2H3,(H,27,32). The van der Waals surface area contributed by atoms with E-state index >= 15 is 0 Å². The molecule has 0 fully saturated rings. The first-order chi connectivity index (χ1) is 17.8. The molecule has 5 rings (SSSR count). The number of likely N-dealkylation sites (N-methyl/N-ethyl adjacent to an activating group) is 1. The Bertz CT molecular complexity index is 1670. The van der Waals surface area contributed by atoms with E-state index in [-0.39, 0.29) is 10.6 Å². The van der Waals surface area contributed by atoms with E-state index < -0.39 is 21.3 Å². The Labute approximate surface area is 218 Å². The van der Waals surface area contributed by atoms with E-state index in [0.29, 0.717) is 49.3 Å². The lowest BCUT2D eigenvalue weighted by molar-refractivity contribution is 0.159. The largest absolute Gasteiger partial charge is 0.383 e. The molecule has 0 spiro atoms. The summed E-state index contributed by atoms with van der Waals surface area (Å²) in [5.41, 5.74) is 1.22. The van der Waals surface area contributed by atoms with Gasteiger partial charge in [-0.3, -0.25) is 14.0 Å². The lowest BCUT2D eigenvalue weighted by Gasteiger charge is -2.30. The molecule has 9 nitrogen and oxygen atoms in total. The number of anilines is 1. The molecule has 0 saturated heterocycles. The van der Waals surface area contributed by atoms with E-state index in [1.807, 2.05) is 30.1 Å². The molecule has 37 heavy (non-hydrogen) atoms. The molecule has 1 aliphatic rings. The van der Waals surface area contributed by atoms with E-state index in [9.17, 15) is 18.0 Å². The van der Waals surface area contributed by atoms with Crippen molar-refractivity contribution in [2.75, 3.05) is 38.2 Å². The Hall–Kier alpha value is -3.25. The molecule has 0 radical (unpaired) electrons. The number of hydrogen-bond donors (Lipinski definition) is 1. The number of aromatic nitrogens is 2. The number of nitrogens with zero attached hydrogens (tertiary/aromatic N) is 3. The number of thiophene rings is 1. The molecule has 4 aromatic rings. The highest BCUT2D eigenvalue weighted by molar-refractivity contribution is 7.92. The van der Waals surface area contributed by atoms with Crippen LogP contribution < -0.4 is 15.6 Å². The van der Waals surface area contributed by atoms with Crippen molar-refractivity contribution in [3.05, 3.63) is 85.2 Å². The van der Waals surface area contributed by atoms with Gasteiger partial charge in [0.15, 0.2) is 0 Å². The molecule has 0 atom stereocenters. The van der Waals surface area contributed by atoms with Crippen molar-refractivity contribution in [1.82, 2.24) is 14.5 Å². The molecule has 0 saturated carbocycles. The first-order valence-electron chi connectivity index (χ1n) is 11.9. The molecule has 0 amide bonds.